The van der Waals surface area contributed by atoms with Crippen LogP contribution in [0.2, 0.25) is 0 Å². The predicted octanol–water partition coefficient (Wildman–Crippen LogP) is 3.80. The maximum absolute atomic E-state index is 13.3. The van der Waals surface area contributed by atoms with Gasteiger partial charge in [0.15, 0.2) is 11.4 Å². The van der Waals surface area contributed by atoms with Crippen molar-refractivity contribution in [3.8, 4) is 11.5 Å². The minimum Gasteiger partial charge on any atom is -0.504 e. The first-order chi connectivity index (χ1) is 19.4. The van der Waals surface area contributed by atoms with Crippen molar-refractivity contribution in [3.05, 3.63) is 94.9 Å². The van der Waals surface area contributed by atoms with Crippen molar-refractivity contribution >= 4 is 22.7 Å². The maximum atomic E-state index is 13.3. The van der Waals surface area contributed by atoms with E-state index in [0.29, 0.717) is 24.0 Å². The second kappa shape index (κ2) is 13.5. The molecular formula is C31H34N4O5. The molecule has 40 heavy (non-hydrogen) atoms. The Morgan fingerprint density at radius 2 is 1.62 bits per heavy atom. The van der Waals surface area contributed by atoms with Crippen LogP contribution in [0.5, 0.6) is 11.5 Å². The Bertz CT molecular complexity index is 1460. The molecule has 0 radical (unpaired) electrons. The third kappa shape index (κ3) is 7.12. The van der Waals surface area contributed by atoms with E-state index in [1.807, 2.05) is 30.3 Å². The molecule has 0 saturated heterocycles. The number of nitrogens with zero attached hydrogens (tertiary/aromatic N) is 2. The van der Waals surface area contributed by atoms with E-state index in [0.717, 1.165) is 17.5 Å². The molecule has 0 bridgehead atoms. The number of rotatable bonds is 12. The number of para-hydroxylation sites is 1. The van der Waals surface area contributed by atoms with Crippen LogP contribution in [0.4, 0.5) is 0 Å². The molecule has 9 heteroatoms. The minimum absolute atomic E-state index is 0.0178. The summed E-state index contributed by atoms with van der Waals surface area (Å²) in [5.74, 6) is -0.994. The number of nitrogens with one attached hydrogen (secondary N) is 2. The Balaban J connectivity index is 1.62. The summed E-state index contributed by atoms with van der Waals surface area (Å²) >= 11 is 0. The van der Waals surface area contributed by atoms with Gasteiger partial charge in [-0.25, -0.2) is 4.98 Å². The van der Waals surface area contributed by atoms with Crippen molar-refractivity contribution in [3.63, 3.8) is 0 Å². The van der Waals surface area contributed by atoms with E-state index in [9.17, 15) is 19.8 Å². The zero-order chi connectivity index (χ0) is 28.5. The lowest BCUT2D eigenvalue weighted by molar-refractivity contribution is 0.0905. The highest BCUT2D eigenvalue weighted by Crippen LogP contribution is 2.29. The fourth-order valence-electron chi connectivity index (χ4n) is 4.14. The van der Waals surface area contributed by atoms with Crippen molar-refractivity contribution in [1.82, 2.24) is 20.6 Å². The summed E-state index contributed by atoms with van der Waals surface area (Å²) in [4.78, 5) is 34.9. The minimum atomic E-state index is -0.744. The summed E-state index contributed by atoms with van der Waals surface area (Å²) in [6, 6.07) is 19.3. The van der Waals surface area contributed by atoms with E-state index in [2.05, 4.69) is 51.8 Å². The van der Waals surface area contributed by atoms with Gasteiger partial charge < -0.3 is 25.6 Å². The van der Waals surface area contributed by atoms with Crippen molar-refractivity contribution in [1.29, 1.82) is 0 Å². The van der Waals surface area contributed by atoms with Crippen LogP contribution in [0.15, 0.2) is 66.9 Å². The Hall–Kier alpha value is -4.50. The summed E-state index contributed by atoms with van der Waals surface area (Å²) in [5, 5.41) is 26.4. The fourth-order valence-corrected chi connectivity index (χ4v) is 4.14. The van der Waals surface area contributed by atoms with Crippen molar-refractivity contribution in [2.24, 2.45) is 0 Å². The average Bonchev–Trinajstić information content (AvgIpc) is 2.99. The summed E-state index contributed by atoms with van der Waals surface area (Å²) in [5.41, 5.74) is 2.85. The monoisotopic (exact) mass is 542 g/mol. The molecule has 2 aromatic carbocycles. The standard InChI is InChI=1S/C31H34N4O5/c1-3-20-10-12-21(13-11-20)16-22-17-25-26(33-18-22)29(37)28(31(39)34-19-23(36)4-2)35-27(25)30(38)32-14-15-40-24-8-6-5-7-9-24/h5-13,17-18,23,36-37H,3-4,14-16,19H2,1-2H3,(H,32,38)(H,34,39). The molecule has 0 saturated carbocycles. The molecule has 208 valence electrons. The Morgan fingerprint density at radius 3 is 2.33 bits per heavy atom. The number of hydrogen-bond acceptors (Lipinski definition) is 7. The second-order valence-electron chi connectivity index (χ2n) is 9.43. The quantitative estimate of drug-likeness (QED) is 0.200. The second-order valence-corrected chi connectivity index (χ2v) is 9.43. The van der Waals surface area contributed by atoms with E-state index in [4.69, 9.17) is 4.74 Å². The van der Waals surface area contributed by atoms with Crippen LogP contribution in [0.25, 0.3) is 10.9 Å². The molecule has 9 nitrogen and oxygen atoms in total. The van der Waals surface area contributed by atoms with Crippen LogP contribution >= 0.6 is 0 Å². The first-order valence-electron chi connectivity index (χ1n) is 13.4. The average molecular weight is 543 g/mol. The van der Waals surface area contributed by atoms with Crippen LogP contribution < -0.4 is 15.4 Å². The largest absolute Gasteiger partial charge is 0.504 e. The molecule has 0 fully saturated rings. The molecule has 0 aliphatic rings. The van der Waals surface area contributed by atoms with Crippen LogP contribution in [0.1, 0.15) is 57.9 Å². The van der Waals surface area contributed by atoms with Gasteiger partial charge in [0.2, 0.25) is 0 Å². The zero-order valence-corrected chi connectivity index (χ0v) is 22.7. The molecular weight excluding hydrogens is 508 g/mol. The highest BCUT2D eigenvalue weighted by molar-refractivity contribution is 6.09. The van der Waals surface area contributed by atoms with E-state index in [1.54, 1.807) is 19.2 Å². The summed E-state index contributed by atoms with van der Waals surface area (Å²) in [6.45, 7) is 4.29. The Morgan fingerprint density at radius 1 is 0.925 bits per heavy atom. The molecule has 0 spiro atoms. The lowest BCUT2D eigenvalue weighted by Crippen LogP contribution is -2.33. The smallest absolute Gasteiger partial charge is 0.273 e. The van der Waals surface area contributed by atoms with Gasteiger partial charge in [0.05, 0.1) is 12.6 Å². The fraction of sp³-hybridized carbons (Fsp3) is 0.290. The number of amides is 2. The molecule has 2 heterocycles. The number of aryl methyl sites for hydroxylation is 1. The van der Waals surface area contributed by atoms with Crippen molar-refractivity contribution < 1.29 is 24.5 Å². The first-order valence-corrected chi connectivity index (χ1v) is 13.4. The molecule has 4 rings (SSSR count). The lowest BCUT2D eigenvalue weighted by atomic mass is 10.0. The molecule has 4 aromatic rings. The van der Waals surface area contributed by atoms with E-state index < -0.39 is 23.7 Å². The lowest BCUT2D eigenvalue weighted by Gasteiger charge is -2.14. The van der Waals surface area contributed by atoms with Crippen LogP contribution in [0, 0.1) is 0 Å². The molecule has 2 amide bonds. The highest BCUT2D eigenvalue weighted by Gasteiger charge is 2.24. The van der Waals surface area contributed by atoms with E-state index in [1.165, 1.54) is 5.56 Å². The van der Waals surface area contributed by atoms with E-state index >= 15 is 0 Å². The molecule has 0 aliphatic heterocycles. The number of pyridine rings is 2. The first kappa shape index (κ1) is 28.5. The van der Waals surface area contributed by atoms with Gasteiger partial charge in [0, 0.05) is 18.1 Å². The number of hydrogen-bond donors (Lipinski definition) is 4. The SMILES string of the molecule is CCc1ccc(Cc2cnc3c(O)c(C(=O)NCC(O)CC)nc(C(=O)NCCOc4ccccc4)c3c2)cc1. The number of carbonyl (C=O) groups excluding carboxylic acids is 2. The summed E-state index contributed by atoms with van der Waals surface area (Å²) < 4.78 is 5.65. The van der Waals surface area contributed by atoms with Crippen LogP contribution in [-0.2, 0) is 12.8 Å². The number of aliphatic hydroxyl groups excluding tert-OH is 1. The third-order valence-corrected chi connectivity index (χ3v) is 6.51. The number of ether oxygens (including phenoxy) is 1. The van der Waals surface area contributed by atoms with Crippen LogP contribution in [-0.4, -0.2) is 57.8 Å². The van der Waals surface area contributed by atoms with Crippen LogP contribution in [0.3, 0.4) is 0 Å². The van der Waals surface area contributed by atoms with Gasteiger partial charge in [-0.3, -0.25) is 14.6 Å². The van der Waals surface area contributed by atoms with Gasteiger partial charge in [-0.1, -0.05) is 56.3 Å². The molecule has 2 aromatic heterocycles. The number of aromatic hydroxyl groups is 1. The highest BCUT2D eigenvalue weighted by atomic mass is 16.5. The molecule has 1 atom stereocenters. The summed E-state index contributed by atoms with van der Waals surface area (Å²) in [7, 11) is 0. The Labute approximate surface area is 233 Å². The molecule has 4 N–H and O–H groups in total. The third-order valence-electron chi connectivity index (χ3n) is 6.51. The van der Waals surface area contributed by atoms with Gasteiger partial charge in [-0.05, 0) is 54.2 Å². The summed E-state index contributed by atoms with van der Waals surface area (Å²) in [6.07, 6.45) is 2.84. The van der Waals surface area contributed by atoms with Gasteiger partial charge in [-0.2, -0.15) is 0 Å². The van der Waals surface area contributed by atoms with Gasteiger partial charge >= 0.3 is 0 Å². The van der Waals surface area contributed by atoms with Gasteiger partial charge in [-0.15, -0.1) is 0 Å². The van der Waals surface area contributed by atoms with E-state index in [-0.39, 0.29) is 36.6 Å². The van der Waals surface area contributed by atoms with Gasteiger partial charge in [0.25, 0.3) is 11.8 Å². The van der Waals surface area contributed by atoms with Crippen molar-refractivity contribution in [2.45, 2.75) is 39.2 Å². The predicted molar refractivity (Wildman–Crippen MR) is 153 cm³/mol. The maximum Gasteiger partial charge on any atom is 0.273 e. The zero-order valence-electron chi connectivity index (χ0n) is 22.7. The number of aromatic nitrogens is 2. The number of benzene rings is 2. The topological polar surface area (TPSA) is 134 Å². The number of fused-ring (bicyclic) bond motifs is 1. The van der Waals surface area contributed by atoms with Crippen molar-refractivity contribution in [2.75, 3.05) is 19.7 Å². The molecule has 0 aliphatic carbocycles. The Kier molecular flexibility index (Phi) is 9.64. The number of aliphatic hydroxyl groups is 1. The normalized spacial score (nSPS) is 11.7. The molecule has 1 unspecified atom stereocenters. The van der Waals surface area contributed by atoms with Gasteiger partial charge in [0.1, 0.15) is 23.6 Å². The number of carbonyl (C=O) groups is 2.